The maximum atomic E-state index is 5.78. The molecule has 1 N–H and O–H groups in total. The molecule has 1 saturated heterocycles. The molecular formula is C20H30Cl2N2O. The van der Waals surface area contributed by atoms with Crippen LogP contribution in [0.15, 0.2) is 36.4 Å². The Hall–Kier alpha value is -1.00. The molecule has 0 spiro atoms. The van der Waals surface area contributed by atoms with Crippen LogP contribution in [0.3, 0.4) is 0 Å². The number of benzene rings is 2. The summed E-state index contributed by atoms with van der Waals surface area (Å²) in [6.07, 6.45) is 1.17. The average molecular weight is 385 g/mol. The lowest BCUT2D eigenvalue weighted by Crippen LogP contribution is -2.46. The first-order chi connectivity index (χ1) is 11.3. The van der Waals surface area contributed by atoms with E-state index in [4.69, 9.17) is 4.74 Å². The van der Waals surface area contributed by atoms with Crippen molar-refractivity contribution in [1.82, 2.24) is 10.2 Å². The fourth-order valence-electron chi connectivity index (χ4n) is 3.77. The molecule has 5 heteroatoms. The SMILES string of the molecule is CCC(C)[C@H](c1c(OC)ccc2ccccc12)N1CCNCC1.Cl.Cl. The Labute approximate surface area is 163 Å². The lowest BCUT2D eigenvalue weighted by Gasteiger charge is -2.39. The van der Waals surface area contributed by atoms with Gasteiger partial charge in [-0.05, 0) is 22.8 Å². The van der Waals surface area contributed by atoms with Crippen LogP contribution in [0, 0.1) is 5.92 Å². The number of nitrogens with zero attached hydrogens (tertiary/aromatic N) is 1. The van der Waals surface area contributed by atoms with E-state index in [1.54, 1.807) is 7.11 Å². The second-order valence-electron chi connectivity index (χ2n) is 6.52. The summed E-state index contributed by atoms with van der Waals surface area (Å²) in [5.41, 5.74) is 1.36. The molecule has 1 heterocycles. The fraction of sp³-hybridized carbons (Fsp3) is 0.500. The minimum Gasteiger partial charge on any atom is -0.496 e. The third-order valence-electron chi connectivity index (χ3n) is 5.17. The van der Waals surface area contributed by atoms with Gasteiger partial charge in [0.1, 0.15) is 5.75 Å². The number of methoxy groups -OCH3 is 1. The minimum absolute atomic E-state index is 0. The van der Waals surface area contributed by atoms with E-state index >= 15 is 0 Å². The third kappa shape index (κ3) is 4.59. The molecule has 2 atom stereocenters. The summed E-state index contributed by atoms with van der Waals surface area (Å²) in [6.45, 7) is 8.99. The number of hydrogen-bond acceptors (Lipinski definition) is 3. The molecule has 3 nitrogen and oxygen atoms in total. The molecule has 1 aliphatic rings. The normalized spacial score (nSPS) is 17.2. The smallest absolute Gasteiger partial charge is 0.124 e. The molecule has 0 aromatic heterocycles. The van der Waals surface area contributed by atoms with Crippen LogP contribution in [-0.2, 0) is 0 Å². The topological polar surface area (TPSA) is 24.5 Å². The first-order valence-corrected chi connectivity index (χ1v) is 8.76. The Morgan fingerprint density at radius 2 is 1.76 bits per heavy atom. The molecule has 0 bridgehead atoms. The Morgan fingerprint density at radius 1 is 1.08 bits per heavy atom. The molecule has 0 aliphatic carbocycles. The largest absolute Gasteiger partial charge is 0.496 e. The van der Waals surface area contributed by atoms with Crippen LogP contribution < -0.4 is 10.1 Å². The number of hydrogen-bond donors (Lipinski definition) is 1. The molecule has 0 radical (unpaired) electrons. The number of rotatable bonds is 5. The van der Waals surface area contributed by atoms with Crippen LogP contribution in [0.25, 0.3) is 10.8 Å². The van der Waals surface area contributed by atoms with E-state index in [9.17, 15) is 0 Å². The Morgan fingerprint density at radius 3 is 2.40 bits per heavy atom. The zero-order valence-electron chi connectivity index (χ0n) is 15.3. The summed E-state index contributed by atoms with van der Waals surface area (Å²) in [6, 6.07) is 13.4. The molecule has 25 heavy (non-hydrogen) atoms. The summed E-state index contributed by atoms with van der Waals surface area (Å²) in [5, 5.41) is 6.10. The van der Waals surface area contributed by atoms with Gasteiger partial charge < -0.3 is 10.1 Å². The van der Waals surface area contributed by atoms with Crippen LogP contribution in [-0.4, -0.2) is 38.2 Å². The highest BCUT2D eigenvalue weighted by atomic mass is 35.5. The van der Waals surface area contributed by atoms with E-state index in [2.05, 4.69) is 60.5 Å². The van der Waals surface area contributed by atoms with Gasteiger partial charge in [-0.25, -0.2) is 0 Å². The monoisotopic (exact) mass is 384 g/mol. The van der Waals surface area contributed by atoms with E-state index in [1.165, 1.54) is 22.8 Å². The molecule has 1 unspecified atom stereocenters. The van der Waals surface area contributed by atoms with E-state index in [0.717, 1.165) is 31.9 Å². The van der Waals surface area contributed by atoms with Crippen LogP contribution >= 0.6 is 24.8 Å². The summed E-state index contributed by atoms with van der Waals surface area (Å²) in [5.74, 6) is 1.61. The second kappa shape index (κ2) is 10.2. The van der Waals surface area contributed by atoms with Gasteiger partial charge in [0.2, 0.25) is 0 Å². The second-order valence-corrected chi connectivity index (χ2v) is 6.52. The van der Waals surface area contributed by atoms with Crippen molar-refractivity contribution in [2.75, 3.05) is 33.3 Å². The Kier molecular flexibility index (Phi) is 9.01. The van der Waals surface area contributed by atoms with Crippen molar-refractivity contribution in [3.63, 3.8) is 0 Å². The molecular weight excluding hydrogens is 355 g/mol. The van der Waals surface area contributed by atoms with Gasteiger partial charge in [0.25, 0.3) is 0 Å². The maximum absolute atomic E-state index is 5.78. The Balaban J connectivity index is 0.00000156. The van der Waals surface area contributed by atoms with Crippen LogP contribution in [0.4, 0.5) is 0 Å². The van der Waals surface area contributed by atoms with Gasteiger partial charge in [-0.3, -0.25) is 4.90 Å². The van der Waals surface area contributed by atoms with E-state index in [-0.39, 0.29) is 24.8 Å². The Bertz CT molecular complexity index is 659. The first kappa shape index (κ1) is 22.0. The van der Waals surface area contributed by atoms with Crippen molar-refractivity contribution in [1.29, 1.82) is 0 Å². The van der Waals surface area contributed by atoms with Gasteiger partial charge in [-0.15, -0.1) is 24.8 Å². The minimum atomic E-state index is 0. The fourth-order valence-corrected chi connectivity index (χ4v) is 3.77. The first-order valence-electron chi connectivity index (χ1n) is 8.76. The number of halogens is 2. The van der Waals surface area contributed by atoms with Gasteiger partial charge in [0, 0.05) is 37.8 Å². The zero-order chi connectivity index (χ0) is 16.2. The van der Waals surface area contributed by atoms with Crippen molar-refractivity contribution in [2.24, 2.45) is 5.92 Å². The van der Waals surface area contributed by atoms with Gasteiger partial charge in [0.15, 0.2) is 0 Å². The highest BCUT2D eigenvalue weighted by molar-refractivity contribution is 5.88. The molecule has 3 rings (SSSR count). The van der Waals surface area contributed by atoms with Gasteiger partial charge >= 0.3 is 0 Å². The predicted octanol–water partition coefficient (Wildman–Crippen LogP) is 4.68. The molecule has 1 fully saturated rings. The van der Waals surface area contributed by atoms with Crippen molar-refractivity contribution in [3.8, 4) is 5.75 Å². The standard InChI is InChI=1S/C20H28N2O.2ClH/c1-4-15(2)20(22-13-11-21-12-14-22)19-17-8-6-5-7-16(17)9-10-18(19)23-3;;/h5-10,15,20-21H,4,11-14H2,1-3H3;2*1H/t15?,20-;;/m1../s1. The van der Waals surface area contributed by atoms with Crippen LogP contribution in [0.2, 0.25) is 0 Å². The molecule has 0 saturated carbocycles. The van der Waals surface area contributed by atoms with Gasteiger partial charge in [-0.1, -0.05) is 50.6 Å². The summed E-state index contributed by atoms with van der Waals surface area (Å²) in [4.78, 5) is 2.63. The molecule has 140 valence electrons. The van der Waals surface area contributed by atoms with Crippen molar-refractivity contribution in [3.05, 3.63) is 42.0 Å². The summed E-state index contributed by atoms with van der Waals surface area (Å²) in [7, 11) is 1.79. The lowest BCUT2D eigenvalue weighted by molar-refractivity contribution is 0.127. The average Bonchev–Trinajstić information content (AvgIpc) is 2.62. The molecule has 1 aliphatic heterocycles. The van der Waals surface area contributed by atoms with Crippen LogP contribution in [0.5, 0.6) is 5.75 Å². The van der Waals surface area contributed by atoms with E-state index < -0.39 is 0 Å². The van der Waals surface area contributed by atoms with Crippen molar-refractivity contribution in [2.45, 2.75) is 26.3 Å². The molecule has 0 amide bonds. The highest BCUT2D eigenvalue weighted by Gasteiger charge is 2.30. The van der Waals surface area contributed by atoms with Crippen LogP contribution in [0.1, 0.15) is 31.9 Å². The molecule has 2 aromatic carbocycles. The predicted molar refractivity (Wildman–Crippen MR) is 112 cm³/mol. The van der Waals surface area contributed by atoms with Gasteiger partial charge in [0.05, 0.1) is 7.11 Å². The van der Waals surface area contributed by atoms with Crippen molar-refractivity contribution < 1.29 is 4.74 Å². The third-order valence-corrected chi connectivity index (χ3v) is 5.17. The number of nitrogens with one attached hydrogen (secondary N) is 1. The zero-order valence-corrected chi connectivity index (χ0v) is 17.0. The number of piperazine rings is 1. The van der Waals surface area contributed by atoms with Gasteiger partial charge in [-0.2, -0.15) is 0 Å². The van der Waals surface area contributed by atoms with Crippen molar-refractivity contribution >= 4 is 35.6 Å². The molecule has 2 aromatic rings. The quantitative estimate of drug-likeness (QED) is 0.809. The maximum Gasteiger partial charge on any atom is 0.124 e. The van der Waals surface area contributed by atoms with E-state index in [0.29, 0.717) is 12.0 Å². The summed E-state index contributed by atoms with van der Waals surface area (Å²) < 4.78 is 5.78. The van der Waals surface area contributed by atoms with E-state index in [1.807, 2.05) is 0 Å². The summed E-state index contributed by atoms with van der Waals surface area (Å²) >= 11 is 0. The number of ether oxygens (including phenoxy) is 1. The highest BCUT2D eigenvalue weighted by Crippen LogP contribution is 2.40. The number of fused-ring (bicyclic) bond motifs is 1. The lowest BCUT2D eigenvalue weighted by atomic mass is 9.87.